The van der Waals surface area contributed by atoms with Crippen molar-refractivity contribution in [1.82, 2.24) is 10.6 Å². The SMILES string of the molecule is CON=C(CC(=O)NC(=Nc1cc(Cl)c(N)c(Cl)c1)NC(=O)O)c1ccc(F)cc1. The zero-order valence-corrected chi connectivity index (χ0v) is 17.0. The summed E-state index contributed by atoms with van der Waals surface area (Å²) in [5, 5.41) is 17.2. The first kappa shape index (κ1) is 22.9. The lowest BCUT2D eigenvalue weighted by atomic mass is 10.1. The monoisotopic (exact) mass is 455 g/mol. The van der Waals surface area contributed by atoms with Crippen molar-refractivity contribution in [2.24, 2.45) is 10.1 Å². The van der Waals surface area contributed by atoms with Crippen molar-refractivity contribution < 1.29 is 23.9 Å². The number of carbonyl (C=O) groups is 2. The lowest BCUT2D eigenvalue weighted by molar-refractivity contribution is -0.118. The van der Waals surface area contributed by atoms with Crippen molar-refractivity contribution >= 4 is 58.2 Å². The fourth-order valence-corrected chi connectivity index (χ4v) is 2.70. The van der Waals surface area contributed by atoms with Gasteiger partial charge in [-0.15, -0.1) is 0 Å². The number of nitrogens with zero attached hydrogens (tertiary/aromatic N) is 2. The van der Waals surface area contributed by atoms with Crippen LogP contribution in [-0.4, -0.2) is 35.9 Å². The van der Waals surface area contributed by atoms with Crippen LogP contribution in [0.2, 0.25) is 10.0 Å². The number of benzene rings is 2. The van der Waals surface area contributed by atoms with Crippen molar-refractivity contribution in [2.45, 2.75) is 6.42 Å². The fourth-order valence-electron chi connectivity index (χ4n) is 2.22. The van der Waals surface area contributed by atoms with Gasteiger partial charge in [0.2, 0.25) is 11.9 Å². The molecule has 0 heterocycles. The third-order valence-corrected chi connectivity index (χ3v) is 4.12. The summed E-state index contributed by atoms with van der Waals surface area (Å²) in [7, 11) is 1.29. The minimum atomic E-state index is -1.47. The summed E-state index contributed by atoms with van der Waals surface area (Å²) in [5.41, 5.74) is 6.55. The second-order valence-corrected chi connectivity index (χ2v) is 6.48. The molecular weight excluding hydrogens is 440 g/mol. The molecule has 0 saturated heterocycles. The Morgan fingerprint density at radius 1 is 1.17 bits per heavy atom. The number of nitrogens with two attached hydrogens (primary N) is 1. The van der Waals surface area contributed by atoms with Gasteiger partial charge in [0.25, 0.3) is 0 Å². The summed E-state index contributed by atoms with van der Waals surface area (Å²) in [6, 6.07) is 7.92. The van der Waals surface area contributed by atoms with E-state index in [1.807, 2.05) is 5.32 Å². The van der Waals surface area contributed by atoms with E-state index in [9.17, 15) is 14.0 Å². The van der Waals surface area contributed by atoms with Crippen molar-refractivity contribution in [3.05, 3.63) is 57.8 Å². The molecule has 0 aliphatic heterocycles. The quantitative estimate of drug-likeness (QED) is 0.236. The number of hydrogen-bond acceptors (Lipinski definition) is 6. The molecule has 158 valence electrons. The smallest absolute Gasteiger partial charge is 0.411 e. The Hall–Kier alpha value is -3.37. The summed E-state index contributed by atoms with van der Waals surface area (Å²) in [5.74, 6) is -1.53. The summed E-state index contributed by atoms with van der Waals surface area (Å²) in [6.07, 6.45) is -1.78. The van der Waals surface area contributed by atoms with Gasteiger partial charge in [-0.25, -0.2) is 14.2 Å². The molecular formula is C18H16Cl2FN5O4. The number of guanidine groups is 1. The number of rotatable bonds is 5. The van der Waals surface area contributed by atoms with Crippen molar-refractivity contribution in [3.8, 4) is 0 Å². The van der Waals surface area contributed by atoms with Gasteiger partial charge in [0.05, 0.1) is 33.6 Å². The van der Waals surface area contributed by atoms with Gasteiger partial charge < -0.3 is 15.7 Å². The van der Waals surface area contributed by atoms with E-state index in [0.717, 1.165) is 0 Å². The molecule has 2 rings (SSSR count). The van der Waals surface area contributed by atoms with Crippen LogP contribution in [0, 0.1) is 5.82 Å². The molecule has 5 N–H and O–H groups in total. The number of oxime groups is 1. The van der Waals surface area contributed by atoms with Crippen molar-refractivity contribution in [3.63, 3.8) is 0 Å². The second-order valence-electron chi connectivity index (χ2n) is 5.67. The molecule has 9 nitrogen and oxygen atoms in total. The van der Waals surface area contributed by atoms with Gasteiger partial charge in [-0.3, -0.25) is 15.4 Å². The molecule has 0 saturated carbocycles. The summed E-state index contributed by atoms with van der Waals surface area (Å²) in [4.78, 5) is 32.2. The number of carboxylic acid groups (broad SMARTS) is 1. The normalized spacial score (nSPS) is 11.7. The van der Waals surface area contributed by atoms with Crippen LogP contribution in [0.3, 0.4) is 0 Å². The number of halogens is 3. The van der Waals surface area contributed by atoms with Crippen LogP contribution in [0.5, 0.6) is 0 Å². The average molecular weight is 456 g/mol. The van der Waals surface area contributed by atoms with Crippen LogP contribution in [0.25, 0.3) is 0 Å². The molecule has 0 aliphatic rings. The first-order valence-electron chi connectivity index (χ1n) is 8.18. The molecule has 12 heteroatoms. The highest BCUT2D eigenvalue weighted by Gasteiger charge is 2.15. The van der Waals surface area contributed by atoms with Gasteiger partial charge in [0.1, 0.15) is 12.9 Å². The summed E-state index contributed by atoms with van der Waals surface area (Å²) < 4.78 is 13.1. The van der Waals surface area contributed by atoms with Crippen LogP contribution in [0.1, 0.15) is 12.0 Å². The van der Waals surface area contributed by atoms with Crippen LogP contribution >= 0.6 is 23.2 Å². The van der Waals surface area contributed by atoms with E-state index in [2.05, 4.69) is 15.5 Å². The molecule has 2 aromatic carbocycles. The fraction of sp³-hybridized carbons (Fsp3) is 0.111. The van der Waals surface area contributed by atoms with Crippen molar-refractivity contribution in [1.29, 1.82) is 0 Å². The van der Waals surface area contributed by atoms with Crippen LogP contribution in [0.4, 0.5) is 20.6 Å². The highest BCUT2D eigenvalue weighted by Crippen LogP contribution is 2.32. The summed E-state index contributed by atoms with van der Waals surface area (Å²) >= 11 is 11.9. The molecule has 0 aromatic heterocycles. The maximum absolute atomic E-state index is 13.1. The van der Waals surface area contributed by atoms with Crippen LogP contribution in [-0.2, 0) is 9.63 Å². The lowest BCUT2D eigenvalue weighted by Gasteiger charge is -2.10. The van der Waals surface area contributed by atoms with Gasteiger partial charge in [-0.1, -0.05) is 40.5 Å². The van der Waals surface area contributed by atoms with E-state index in [-0.39, 0.29) is 33.6 Å². The number of carbonyl (C=O) groups excluding carboxylic acids is 1. The number of hydrogen-bond donors (Lipinski definition) is 4. The van der Waals surface area contributed by atoms with E-state index >= 15 is 0 Å². The van der Waals surface area contributed by atoms with Gasteiger partial charge >= 0.3 is 6.09 Å². The molecule has 0 atom stereocenters. The molecule has 0 radical (unpaired) electrons. The van der Waals surface area contributed by atoms with Gasteiger partial charge in [0.15, 0.2) is 0 Å². The molecule has 30 heavy (non-hydrogen) atoms. The van der Waals surface area contributed by atoms with Gasteiger partial charge in [-0.05, 0) is 24.3 Å². The maximum Gasteiger partial charge on any atom is 0.411 e. The predicted molar refractivity (Wildman–Crippen MR) is 112 cm³/mol. The highest BCUT2D eigenvalue weighted by molar-refractivity contribution is 6.39. The molecule has 0 unspecified atom stereocenters. The van der Waals surface area contributed by atoms with E-state index in [4.69, 9.17) is 38.9 Å². The van der Waals surface area contributed by atoms with E-state index < -0.39 is 23.8 Å². The number of amides is 2. The number of aliphatic imine (C=N–C) groups is 1. The van der Waals surface area contributed by atoms with Crippen LogP contribution < -0.4 is 16.4 Å². The standard InChI is InChI=1S/C18H16Cl2FN5O4/c1-30-26-14(9-2-4-10(21)5-3-9)8-15(27)24-17(25-18(28)29)23-11-6-12(19)16(22)13(20)7-11/h2-7H,8,22H2,1H3,(H,28,29)(H2,23,24,25,27). The Labute approximate surface area is 180 Å². The highest BCUT2D eigenvalue weighted by atomic mass is 35.5. The predicted octanol–water partition coefficient (Wildman–Crippen LogP) is 3.53. The number of nitrogens with one attached hydrogen (secondary N) is 2. The van der Waals surface area contributed by atoms with E-state index in [1.54, 1.807) is 0 Å². The Bertz CT molecular complexity index is 989. The molecule has 0 bridgehead atoms. The Kier molecular flexibility index (Phi) is 7.96. The largest absolute Gasteiger partial charge is 0.465 e. The Morgan fingerprint density at radius 2 is 1.77 bits per heavy atom. The molecule has 0 fully saturated rings. The third kappa shape index (κ3) is 6.61. The second kappa shape index (κ2) is 10.4. The Morgan fingerprint density at radius 3 is 2.30 bits per heavy atom. The zero-order valence-electron chi connectivity index (χ0n) is 15.4. The van der Waals surface area contributed by atoms with Crippen molar-refractivity contribution in [2.75, 3.05) is 12.8 Å². The lowest BCUT2D eigenvalue weighted by Crippen LogP contribution is -2.43. The first-order chi connectivity index (χ1) is 14.2. The van der Waals surface area contributed by atoms with Crippen LogP contribution in [0.15, 0.2) is 46.5 Å². The number of nitrogen functional groups attached to an aromatic ring is 1. The minimum Gasteiger partial charge on any atom is -0.465 e. The molecule has 2 amide bonds. The zero-order chi connectivity index (χ0) is 22.3. The van der Waals surface area contributed by atoms with Gasteiger partial charge in [0, 0.05) is 5.56 Å². The average Bonchev–Trinajstić information content (AvgIpc) is 2.65. The maximum atomic E-state index is 13.1. The van der Waals surface area contributed by atoms with E-state index in [1.165, 1.54) is 43.5 Å². The molecule has 2 aromatic rings. The van der Waals surface area contributed by atoms with Gasteiger partial charge in [-0.2, -0.15) is 0 Å². The number of anilines is 1. The molecule has 0 aliphatic carbocycles. The third-order valence-electron chi connectivity index (χ3n) is 3.49. The minimum absolute atomic E-state index is 0.105. The topological polar surface area (TPSA) is 138 Å². The Balaban J connectivity index is 2.25. The first-order valence-corrected chi connectivity index (χ1v) is 8.94. The van der Waals surface area contributed by atoms with E-state index in [0.29, 0.717) is 5.56 Å². The summed E-state index contributed by atoms with van der Waals surface area (Å²) in [6.45, 7) is 0. The molecule has 0 spiro atoms.